The molecule has 0 bridgehead atoms. The van der Waals surface area contributed by atoms with Gasteiger partial charge in [-0.05, 0) is 20.8 Å². The molecule has 1 rings (SSSR count). The number of rotatable bonds is 4. The fourth-order valence-electron chi connectivity index (χ4n) is 2.23. The van der Waals surface area contributed by atoms with Crippen molar-refractivity contribution in [3.63, 3.8) is 0 Å². The first-order valence-electron chi connectivity index (χ1n) is 7.17. The number of hydrogen-bond donors (Lipinski definition) is 0. The maximum atomic E-state index is 12.0. The average molecular weight is 332 g/mol. The van der Waals surface area contributed by atoms with E-state index in [1.807, 2.05) is 0 Å². The van der Waals surface area contributed by atoms with Gasteiger partial charge in [0.2, 0.25) is 5.54 Å². The van der Waals surface area contributed by atoms with Crippen molar-refractivity contribution in [2.24, 2.45) is 0 Å². The van der Waals surface area contributed by atoms with E-state index in [1.165, 1.54) is 0 Å². The van der Waals surface area contributed by atoms with Crippen LogP contribution in [-0.2, 0) is 19.0 Å². The van der Waals surface area contributed by atoms with Gasteiger partial charge in [-0.3, -0.25) is 4.18 Å². The van der Waals surface area contributed by atoms with Gasteiger partial charge in [0.15, 0.2) is 0 Å². The first-order valence-corrected chi connectivity index (χ1v) is 8.99. The highest BCUT2D eigenvalue weighted by Gasteiger charge is 2.42. The predicted octanol–water partition coefficient (Wildman–Crippen LogP) is 2.04. The van der Waals surface area contributed by atoms with E-state index in [0.29, 0.717) is 32.4 Å². The van der Waals surface area contributed by atoms with Gasteiger partial charge in [0.25, 0.3) is 10.1 Å². The summed E-state index contributed by atoms with van der Waals surface area (Å²) in [6.45, 7) is 13.6. The molecule has 1 aliphatic heterocycles. The molecule has 1 heterocycles. The van der Waals surface area contributed by atoms with Gasteiger partial charge in [0, 0.05) is 25.9 Å². The van der Waals surface area contributed by atoms with Crippen LogP contribution in [0.5, 0.6) is 0 Å². The van der Waals surface area contributed by atoms with E-state index in [9.17, 15) is 13.2 Å². The first-order chi connectivity index (χ1) is 9.96. The van der Waals surface area contributed by atoms with Gasteiger partial charge in [-0.1, -0.05) is 0 Å². The third-order valence-corrected chi connectivity index (χ3v) is 4.04. The Bertz CT molecular complexity index is 537. The Kier molecular flexibility index (Phi) is 5.82. The number of likely N-dealkylation sites (tertiary alicyclic amines) is 1. The van der Waals surface area contributed by atoms with E-state index in [1.54, 1.807) is 25.7 Å². The Morgan fingerprint density at radius 2 is 1.86 bits per heavy atom. The SMILES string of the molecule is [C-]#[N+]C1(CCOS(C)(=O)=O)CCN(C(=O)OC(C)(C)C)CC1. The van der Waals surface area contributed by atoms with E-state index in [2.05, 4.69) is 4.85 Å². The summed E-state index contributed by atoms with van der Waals surface area (Å²) in [5, 5.41) is 0. The normalized spacial score (nSPS) is 18.6. The molecule has 0 aliphatic carbocycles. The lowest BCUT2D eigenvalue weighted by molar-refractivity contribution is 0.0177. The number of hydrogen-bond acceptors (Lipinski definition) is 5. The quantitative estimate of drug-likeness (QED) is 0.581. The van der Waals surface area contributed by atoms with Crippen LogP contribution in [0.25, 0.3) is 4.85 Å². The molecule has 1 fully saturated rings. The van der Waals surface area contributed by atoms with E-state index in [0.717, 1.165) is 6.26 Å². The standard InChI is InChI=1S/C14H24N2O5S/c1-13(2,3)21-12(17)16-9-6-14(15-4,7-10-16)8-11-20-22(5,18)19/h6-11H2,1-3,5H3. The fourth-order valence-corrected chi connectivity index (χ4v) is 2.62. The van der Waals surface area contributed by atoms with Crippen molar-refractivity contribution in [1.82, 2.24) is 4.90 Å². The Labute approximate surface area is 132 Å². The zero-order chi connectivity index (χ0) is 17.0. The topological polar surface area (TPSA) is 77.3 Å². The molecule has 7 nitrogen and oxygen atoms in total. The molecule has 0 spiro atoms. The minimum absolute atomic E-state index is 0.00630. The average Bonchev–Trinajstić information content (AvgIpc) is 2.36. The second-order valence-electron chi connectivity index (χ2n) is 6.58. The highest BCUT2D eigenvalue weighted by molar-refractivity contribution is 7.85. The van der Waals surface area contributed by atoms with Crippen LogP contribution in [-0.4, -0.2) is 56.5 Å². The molecular weight excluding hydrogens is 308 g/mol. The van der Waals surface area contributed by atoms with E-state index in [4.69, 9.17) is 15.5 Å². The highest BCUT2D eigenvalue weighted by Crippen LogP contribution is 2.31. The van der Waals surface area contributed by atoms with Gasteiger partial charge in [0.1, 0.15) is 5.60 Å². The Hall–Kier alpha value is -1.33. The van der Waals surface area contributed by atoms with Gasteiger partial charge in [-0.25, -0.2) is 11.4 Å². The zero-order valence-electron chi connectivity index (χ0n) is 13.6. The number of carbonyl (C=O) groups excluding carboxylic acids is 1. The molecule has 0 aromatic heterocycles. The summed E-state index contributed by atoms with van der Waals surface area (Å²) < 4.78 is 32.0. The summed E-state index contributed by atoms with van der Waals surface area (Å²) in [6.07, 6.45) is 1.93. The third kappa shape index (κ3) is 6.20. The molecule has 126 valence electrons. The lowest BCUT2D eigenvalue weighted by Crippen LogP contribution is -2.47. The molecule has 1 amide bonds. The number of amides is 1. The maximum Gasteiger partial charge on any atom is 0.410 e. The molecule has 1 aliphatic rings. The minimum atomic E-state index is -3.49. The van der Waals surface area contributed by atoms with Crippen LogP contribution in [0.3, 0.4) is 0 Å². The predicted molar refractivity (Wildman–Crippen MR) is 81.8 cm³/mol. The van der Waals surface area contributed by atoms with Gasteiger partial charge < -0.3 is 14.5 Å². The lowest BCUT2D eigenvalue weighted by atomic mass is 9.85. The Balaban J connectivity index is 2.54. The summed E-state index contributed by atoms with van der Waals surface area (Å²) in [5.41, 5.74) is -1.21. The van der Waals surface area contributed by atoms with Crippen LogP contribution in [0.15, 0.2) is 0 Å². The van der Waals surface area contributed by atoms with Crippen molar-refractivity contribution in [2.45, 2.75) is 51.2 Å². The van der Waals surface area contributed by atoms with Crippen molar-refractivity contribution in [2.75, 3.05) is 26.0 Å². The van der Waals surface area contributed by atoms with Crippen molar-refractivity contribution >= 4 is 16.2 Å². The monoisotopic (exact) mass is 332 g/mol. The van der Waals surface area contributed by atoms with E-state index in [-0.39, 0.29) is 12.7 Å². The van der Waals surface area contributed by atoms with Gasteiger partial charge in [-0.2, -0.15) is 8.42 Å². The number of piperidine rings is 1. The third-order valence-electron chi connectivity index (χ3n) is 3.45. The number of nitrogens with zero attached hydrogens (tertiary/aromatic N) is 2. The Morgan fingerprint density at radius 1 is 1.32 bits per heavy atom. The summed E-state index contributed by atoms with van der Waals surface area (Å²) >= 11 is 0. The molecule has 8 heteroatoms. The molecule has 0 atom stereocenters. The molecule has 1 saturated heterocycles. The maximum absolute atomic E-state index is 12.0. The van der Waals surface area contributed by atoms with Crippen LogP contribution < -0.4 is 0 Å². The van der Waals surface area contributed by atoms with Gasteiger partial charge in [-0.15, -0.1) is 0 Å². The summed E-state index contributed by atoms with van der Waals surface area (Å²) in [6, 6.07) is 0. The second-order valence-corrected chi connectivity index (χ2v) is 8.22. The molecule has 0 saturated carbocycles. The van der Waals surface area contributed by atoms with Crippen LogP contribution in [0.1, 0.15) is 40.0 Å². The summed E-state index contributed by atoms with van der Waals surface area (Å²) in [4.78, 5) is 17.2. The molecular formula is C14H24N2O5S. The van der Waals surface area contributed by atoms with Crippen molar-refractivity contribution in [3.05, 3.63) is 11.4 Å². The smallest absolute Gasteiger partial charge is 0.410 e. The van der Waals surface area contributed by atoms with Crippen LogP contribution in [0.2, 0.25) is 0 Å². The minimum Gasteiger partial charge on any atom is -0.444 e. The van der Waals surface area contributed by atoms with Gasteiger partial charge >= 0.3 is 6.09 Å². The molecule has 0 unspecified atom stereocenters. The van der Waals surface area contributed by atoms with Crippen LogP contribution in [0, 0.1) is 6.57 Å². The van der Waals surface area contributed by atoms with Crippen molar-refractivity contribution < 1.29 is 22.1 Å². The number of carbonyl (C=O) groups is 1. The highest BCUT2D eigenvalue weighted by atomic mass is 32.2. The fraction of sp³-hybridized carbons (Fsp3) is 0.857. The van der Waals surface area contributed by atoms with Crippen LogP contribution in [0.4, 0.5) is 4.79 Å². The van der Waals surface area contributed by atoms with E-state index >= 15 is 0 Å². The van der Waals surface area contributed by atoms with E-state index < -0.39 is 21.3 Å². The van der Waals surface area contributed by atoms with Crippen molar-refractivity contribution in [3.8, 4) is 0 Å². The summed E-state index contributed by atoms with van der Waals surface area (Å²) in [5.74, 6) is 0. The molecule has 0 aromatic carbocycles. The summed E-state index contributed by atoms with van der Waals surface area (Å²) in [7, 11) is -3.49. The van der Waals surface area contributed by atoms with Crippen molar-refractivity contribution in [1.29, 1.82) is 0 Å². The molecule has 0 radical (unpaired) electrons. The van der Waals surface area contributed by atoms with Gasteiger partial charge in [0.05, 0.1) is 19.3 Å². The zero-order valence-corrected chi connectivity index (χ0v) is 14.4. The first kappa shape index (κ1) is 18.7. The molecule has 0 aromatic rings. The lowest BCUT2D eigenvalue weighted by Gasteiger charge is -2.34. The largest absolute Gasteiger partial charge is 0.444 e. The number of ether oxygens (including phenoxy) is 1. The van der Waals surface area contributed by atoms with Crippen LogP contribution >= 0.6 is 0 Å². The molecule has 0 N–H and O–H groups in total. The molecule has 22 heavy (non-hydrogen) atoms. The Morgan fingerprint density at radius 3 is 2.27 bits per heavy atom. The second kappa shape index (κ2) is 6.84.